The zero-order valence-corrected chi connectivity index (χ0v) is 16.6. The van der Waals surface area contributed by atoms with E-state index in [-0.39, 0.29) is 17.4 Å². The SMILES string of the molecule is O=C(Nc1ncc2c(n1)CCN(C(=O)c1ccc3c(c1)CCO3)C2)c1ccccc1F. The van der Waals surface area contributed by atoms with Crippen molar-refractivity contribution in [2.24, 2.45) is 0 Å². The largest absolute Gasteiger partial charge is 0.493 e. The number of amides is 2. The molecule has 0 radical (unpaired) electrons. The first-order valence-electron chi connectivity index (χ1n) is 10.0. The van der Waals surface area contributed by atoms with E-state index in [2.05, 4.69) is 15.3 Å². The lowest BCUT2D eigenvalue weighted by molar-refractivity contribution is 0.0733. The highest BCUT2D eigenvalue weighted by Crippen LogP contribution is 2.27. The van der Waals surface area contributed by atoms with Gasteiger partial charge in [0.25, 0.3) is 11.8 Å². The van der Waals surface area contributed by atoms with Crippen LogP contribution >= 0.6 is 0 Å². The second-order valence-corrected chi connectivity index (χ2v) is 7.50. The number of nitrogens with zero attached hydrogens (tertiary/aromatic N) is 3. The quantitative estimate of drug-likeness (QED) is 0.707. The van der Waals surface area contributed by atoms with Crippen LogP contribution in [0.1, 0.15) is 37.5 Å². The van der Waals surface area contributed by atoms with E-state index in [1.807, 2.05) is 12.1 Å². The Labute approximate surface area is 177 Å². The van der Waals surface area contributed by atoms with Gasteiger partial charge in [-0.25, -0.2) is 14.4 Å². The number of benzene rings is 2. The highest BCUT2D eigenvalue weighted by Gasteiger charge is 2.25. The van der Waals surface area contributed by atoms with E-state index in [1.54, 1.807) is 23.2 Å². The van der Waals surface area contributed by atoms with Crippen LogP contribution in [-0.4, -0.2) is 39.8 Å². The van der Waals surface area contributed by atoms with Gasteiger partial charge >= 0.3 is 0 Å². The third-order valence-corrected chi connectivity index (χ3v) is 5.50. The zero-order chi connectivity index (χ0) is 21.4. The van der Waals surface area contributed by atoms with Gasteiger partial charge in [-0.2, -0.15) is 0 Å². The molecule has 156 valence electrons. The van der Waals surface area contributed by atoms with Crippen LogP contribution in [0.2, 0.25) is 0 Å². The Morgan fingerprint density at radius 3 is 2.84 bits per heavy atom. The molecule has 8 heteroatoms. The number of aromatic nitrogens is 2. The van der Waals surface area contributed by atoms with Gasteiger partial charge in [0.15, 0.2) is 0 Å². The minimum Gasteiger partial charge on any atom is -0.493 e. The molecular formula is C23H19FN4O3. The topological polar surface area (TPSA) is 84.4 Å². The number of fused-ring (bicyclic) bond motifs is 2. The number of hydrogen-bond acceptors (Lipinski definition) is 5. The minimum atomic E-state index is -0.606. The van der Waals surface area contributed by atoms with Crippen molar-refractivity contribution in [3.63, 3.8) is 0 Å². The molecule has 0 atom stereocenters. The van der Waals surface area contributed by atoms with Gasteiger partial charge in [-0.1, -0.05) is 12.1 Å². The van der Waals surface area contributed by atoms with Gasteiger partial charge in [-0.3, -0.25) is 14.9 Å². The van der Waals surface area contributed by atoms with Crippen LogP contribution in [0.15, 0.2) is 48.7 Å². The fourth-order valence-corrected chi connectivity index (χ4v) is 3.87. The molecule has 7 nitrogen and oxygen atoms in total. The van der Waals surface area contributed by atoms with Crippen LogP contribution < -0.4 is 10.1 Å². The Hall–Kier alpha value is -3.81. The summed E-state index contributed by atoms with van der Waals surface area (Å²) < 4.78 is 19.3. The molecule has 0 saturated heterocycles. The van der Waals surface area contributed by atoms with Crippen LogP contribution in [0, 0.1) is 5.82 Å². The fourth-order valence-electron chi connectivity index (χ4n) is 3.87. The van der Waals surface area contributed by atoms with Crippen LogP contribution in [0.25, 0.3) is 0 Å². The molecule has 2 aliphatic heterocycles. The molecular weight excluding hydrogens is 399 g/mol. The molecule has 0 aliphatic carbocycles. The number of rotatable bonds is 3. The third-order valence-electron chi connectivity index (χ3n) is 5.50. The van der Waals surface area contributed by atoms with Crippen molar-refractivity contribution < 1.29 is 18.7 Å². The summed E-state index contributed by atoms with van der Waals surface area (Å²) in [6, 6.07) is 11.3. The van der Waals surface area contributed by atoms with E-state index in [0.29, 0.717) is 31.7 Å². The van der Waals surface area contributed by atoms with E-state index < -0.39 is 11.7 Å². The summed E-state index contributed by atoms with van der Waals surface area (Å²) in [5, 5.41) is 2.54. The lowest BCUT2D eigenvalue weighted by Gasteiger charge is -2.28. The number of carbonyl (C=O) groups excluding carboxylic acids is 2. The molecule has 0 fully saturated rings. The smallest absolute Gasteiger partial charge is 0.260 e. The van der Waals surface area contributed by atoms with E-state index >= 15 is 0 Å². The lowest BCUT2D eigenvalue weighted by atomic mass is 10.0. The van der Waals surface area contributed by atoms with Crippen LogP contribution in [0.3, 0.4) is 0 Å². The van der Waals surface area contributed by atoms with Gasteiger partial charge in [0.2, 0.25) is 5.95 Å². The van der Waals surface area contributed by atoms with E-state index in [0.717, 1.165) is 29.0 Å². The van der Waals surface area contributed by atoms with Crippen LogP contribution in [0.5, 0.6) is 5.75 Å². The predicted molar refractivity (Wildman–Crippen MR) is 110 cm³/mol. The van der Waals surface area contributed by atoms with Crippen molar-refractivity contribution in [1.82, 2.24) is 14.9 Å². The van der Waals surface area contributed by atoms with E-state index in [4.69, 9.17) is 4.74 Å². The van der Waals surface area contributed by atoms with Crippen LogP contribution in [-0.2, 0) is 19.4 Å². The number of nitrogens with one attached hydrogen (secondary N) is 1. The zero-order valence-electron chi connectivity index (χ0n) is 16.6. The Balaban J connectivity index is 1.29. The second-order valence-electron chi connectivity index (χ2n) is 7.50. The Bertz CT molecular complexity index is 1200. The number of halogens is 1. The maximum absolute atomic E-state index is 13.8. The first-order chi connectivity index (χ1) is 15.1. The highest BCUT2D eigenvalue weighted by molar-refractivity contribution is 6.03. The van der Waals surface area contributed by atoms with Gasteiger partial charge in [0.1, 0.15) is 11.6 Å². The maximum Gasteiger partial charge on any atom is 0.260 e. The molecule has 0 unspecified atom stereocenters. The molecule has 1 aromatic heterocycles. The highest BCUT2D eigenvalue weighted by atomic mass is 19.1. The minimum absolute atomic E-state index is 0.0442. The molecule has 31 heavy (non-hydrogen) atoms. The molecule has 0 saturated carbocycles. The third kappa shape index (κ3) is 3.72. The van der Waals surface area contributed by atoms with Gasteiger partial charge in [0.05, 0.1) is 17.9 Å². The van der Waals surface area contributed by atoms with Gasteiger partial charge in [-0.15, -0.1) is 0 Å². The molecule has 2 aromatic carbocycles. The second kappa shape index (κ2) is 7.79. The van der Waals surface area contributed by atoms with Gasteiger partial charge in [-0.05, 0) is 35.9 Å². The average Bonchev–Trinajstić information content (AvgIpc) is 3.26. The Kier molecular flexibility index (Phi) is 4.82. The lowest BCUT2D eigenvalue weighted by Crippen LogP contribution is -2.36. The van der Waals surface area contributed by atoms with Crippen molar-refractivity contribution in [1.29, 1.82) is 0 Å². The Morgan fingerprint density at radius 2 is 1.97 bits per heavy atom. The first-order valence-corrected chi connectivity index (χ1v) is 10.0. The summed E-state index contributed by atoms with van der Waals surface area (Å²) >= 11 is 0. The summed E-state index contributed by atoms with van der Waals surface area (Å²) in [6.07, 6.45) is 2.96. The maximum atomic E-state index is 13.8. The summed E-state index contributed by atoms with van der Waals surface area (Å²) in [4.78, 5) is 35.6. The van der Waals surface area contributed by atoms with Crippen molar-refractivity contribution in [3.8, 4) is 5.75 Å². The number of ether oxygens (including phenoxy) is 1. The summed E-state index contributed by atoms with van der Waals surface area (Å²) in [6.45, 7) is 1.55. The molecule has 1 N–H and O–H groups in total. The predicted octanol–water partition coefficient (Wildman–Crippen LogP) is 3.00. The van der Waals surface area contributed by atoms with Crippen LogP contribution in [0.4, 0.5) is 10.3 Å². The van der Waals surface area contributed by atoms with Gasteiger partial charge in [0, 0.05) is 43.3 Å². The Morgan fingerprint density at radius 1 is 1.10 bits per heavy atom. The summed E-state index contributed by atoms with van der Waals surface area (Å²) in [7, 11) is 0. The molecule has 0 bridgehead atoms. The summed E-state index contributed by atoms with van der Waals surface area (Å²) in [5.41, 5.74) is 3.22. The van der Waals surface area contributed by atoms with Crippen molar-refractivity contribution >= 4 is 17.8 Å². The molecule has 5 rings (SSSR count). The number of anilines is 1. The van der Waals surface area contributed by atoms with Crippen molar-refractivity contribution in [2.45, 2.75) is 19.4 Å². The molecule has 2 aliphatic rings. The molecule has 3 aromatic rings. The fraction of sp³-hybridized carbons (Fsp3) is 0.217. The van der Waals surface area contributed by atoms with E-state index in [9.17, 15) is 14.0 Å². The van der Waals surface area contributed by atoms with Crippen molar-refractivity contribution in [2.75, 3.05) is 18.5 Å². The number of carbonyl (C=O) groups is 2. The summed E-state index contributed by atoms with van der Waals surface area (Å²) in [5.74, 6) is -0.293. The standard InChI is InChI=1S/C23H19FN4O3/c24-18-4-2-1-3-17(18)21(29)27-23-25-12-16-13-28(9-7-19(16)26-23)22(30)15-5-6-20-14(11-15)8-10-31-20/h1-6,11-12H,7-10,13H2,(H,25,26,27,29). The molecule has 2 amide bonds. The van der Waals surface area contributed by atoms with Crippen molar-refractivity contribution in [3.05, 3.63) is 82.4 Å². The monoisotopic (exact) mass is 418 g/mol. The normalized spacial score (nSPS) is 14.4. The number of hydrogen-bond donors (Lipinski definition) is 1. The first kappa shape index (κ1) is 19.2. The average molecular weight is 418 g/mol. The van der Waals surface area contributed by atoms with E-state index in [1.165, 1.54) is 18.2 Å². The molecule has 3 heterocycles. The van der Waals surface area contributed by atoms with Gasteiger partial charge < -0.3 is 9.64 Å². The molecule has 0 spiro atoms.